The Morgan fingerprint density at radius 2 is 1.07 bits per heavy atom. The van der Waals surface area contributed by atoms with Gasteiger partial charge in [0.05, 0.1) is 6.42 Å². The van der Waals surface area contributed by atoms with Crippen LogP contribution in [0.5, 0.6) is 0 Å². The summed E-state index contributed by atoms with van der Waals surface area (Å²) in [6, 6.07) is 0. The summed E-state index contributed by atoms with van der Waals surface area (Å²) in [6.45, 7) is 2.29. The zero-order chi connectivity index (χ0) is 19.6. The first kappa shape index (κ1) is 24.6. The summed E-state index contributed by atoms with van der Waals surface area (Å²) >= 11 is 5.09. The fraction of sp³-hybridized carbons (Fsp3) is 0.917. The molecule has 1 fully saturated rings. The molecule has 0 radical (unpaired) electrons. The molecule has 1 rings (SSSR count). The van der Waals surface area contributed by atoms with Crippen LogP contribution in [-0.4, -0.2) is 11.0 Å². The van der Waals surface area contributed by atoms with E-state index in [0.29, 0.717) is 11.5 Å². The van der Waals surface area contributed by atoms with Crippen molar-refractivity contribution in [3.05, 3.63) is 0 Å². The maximum absolute atomic E-state index is 11.1. The van der Waals surface area contributed by atoms with Crippen molar-refractivity contribution in [2.45, 2.75) is 135 Å². The van der Waals surface area contributed by atoms with Crippen LogP contribution in [0.3, 0.4) is 0 Å². The lowest BCUT2D eigenvalue weighted by Crippen LogP contribution is -2.04. The van der Waals surface area contributed by atoms with Crippen molar-refractivity contribution >= 4 is 23.2 Å². The molecule has 1 saturated heterocycles. The van der Waals surface area contributed by atoms with Crippen LogP contribution in [0.1, 0.15) is 135 Å². The molecule has 1 unspecified atom stereocenters. The average Bonchev–Trinajstić information content (AvgIpc) is 2.98. The van der Waals surface area contributed by atoms with E-state index < -0.39 is 0 Å². The number of cyclic esters (lactones) is 1. The summed E-state index contributed by atoms with van der Waals surface area (Å²) in [5.41, 5.74) is 0. The van der Waals surface area contributed by atoms with Crippen LogP contribution in [0.15, 0.2) is 0 Å². The topological polar surface area (TPSA) is 26.3 Å². The summed E-state index contributed by atoms with van der Waals surface area (Å²) in [4.78, 5) is 11.1. The summed E-state index contributed by atoms with van der Waals surface area (Å²) < 4.78 is 4.95. The molecular weight excluding hydrogens is 352 g/mol. The van der Waals surface area contributed by atoms with Crippen molar-refractivity contribution in [3.8, 4) is 0 Å². The van der Waals surface area contributed by atoms with Crippen molar-refractivity contribution in [1.29, 1.82) is 0 Å². The molecule has 158 valence electrons. The highest BCUT2D eigenvalue weighted by molar-refractivity contribution is 7.80. The molecule has 0 N–H and O–H groups in total. The Hall–Kier alpha value is -0.440. The lowest BCUT2D eigenvalue weighted by Gasteiger charge is -2.06. The number of rotatable bonds is 19. The van der Waals surface area contributed by atoms with Gasteiger partial charge >= 0.3 is 5.97 Å². The maximum Gasteiger partial charge on any atom is 0.312 e. The molecule has 0 aromatic heterocycles. The molecule has 0 aromatic rings. The molecule has 2 nitrogen and oxygen atoms in total. The van der Waals surface area contributed by atoms with Gasteiger partial charge in [0.15, 0.2) is 5.05 Å². The highest BCUT2D eigenvalue weighted by atomic mass is 32.1. The number of hydrogen-bond donors (Lipinski definition) is 0. The summed E-state index contributed by atoms with van der Waals surface area (Å²) in [7, 11) is 0. The van der Waals surface area contributed by atoms with Crippen molar-refractivity contribution in [2.24, 2.45) is 5.92 Å². The molecule has 1 atom stereocenters. The minimum Gasteiger partial charge on any atom is -0.419 e. The van der Waals surface area contributed by atoms with E-state index >= 15 is 0 Å². The number of carbonyl (C=O) groups excluding carboxylic acids is 1. The van der Waals surface area contributed by atoms with Gasteiger partial charge < -0.3 is 4.74 Å². The normalized spacial score (nSPS) is 16.9. The van der Waals surface area contributed by atoms with E-state index in [0.717, 1.165) is 6.42 Å². The molecule has 0 spiro atoms. The highest BCUT2D eigenvalue weighted by Gasteiger charge is 2.28. The van der Waals surface area contributed by atoms with Crippen LogP contribution in [0, 0.1) is 5.92 Å². The van der Waals surface area contributed by atoms with E-state index in [1.807, 2.05) is 0 Å². The Balaban J connectivity index is 1.70. The van der Waals surface area contributed by atoms with Crippen LogP contribution in [0.25, 0.3) is 0 Å². The monoisotopic (exact) mass is 396 g/mol. The number of esters is 1. The second-order valence-electron chi connectivity index (χ2n) is 8.49. The molecule has 1 heterocycles. The Labute approximate surface area is 174 Å². The number of hydrogen-bond acceptors (Lipinski definition) is 3. The van der Waals surface area contributed by atoms with Crippen molar-refractivity contribution < 1.29 is 9.53 Å². The first-order valence-electron chi connectivity index (χ1n) is 12.0. The quantitative estimate of drug-likeness (QED) is 0.125. The maximum atomic E-state index is 11.1. The van der Waals surface area contributed by atoms with Gasteiger partial charge in [-0.25, -0.2) is 0 Å². The summed E-state index contributed by atoms with van der Waals surface area (Å²) in [6.07, 6.45) is 26.7. The lowest BCUT2D eigenvalue weighted by molar-refractivity contribution is -0.133. The Morgan fingerprint density at radius 1 is 0.704 bits per heavy atom. The molecule has 27 heavy (non-hydrogen) atoms. The predicted octanol–water partition coefficient (Wildman–Crippen LogP) is 8.31. The smallest absolute Gasteiger partial charge is 0.312 e. The van der Waals surface area contributed by atoms with Crippen LogP contribution < -0.4 is 0 Å². The van der Waals surface area contributed by atoms with E-state index in [9.17, 15) is 4.79 Å². The SMILES string of the molecule is CCCCCCCCCCCCCCCCCCCCC1CC(=O)OC1=S. The van der Waals surface area contributed by atoms with E-state index in [4.69, 9.17) is 17.0 Å². The molecule has 1 aliphatic heterocycles. The predicted molar refractivity (Wildman–Crippen MR) is 120 cm³/mol. The zero-order valence-electron chi connectivity index (χ0n) is 17.9. The van der Waals surface area contributed by atoms with Crippen LogP contribution >= 0.6 is 12.2 Å². The van der Waals surface area contributed by atoms with Gasteiger partial charge in [-0.2, -0.15) is 0 Å². The molecule has 0 bridgehead atoms. The van der Waals surface area contributed by atoms with Gasteiger partial charge in [0.25, 0.3) is 0 Å². The van der Waals surface area contributed by atoms with E-state index in [1.165, 1.54) is 116 Å². The van der Waals surface area contributed by atoms with Crippen molar-refractivity contribution in [2.75, 3.05) is 0 Å². The van der Waals surface area contributed by atoms with Gasteiger partial charge in [0.1, 0.15) is 0 Å². The van der Waals surface area contributed by atoms with Gasteiger partial charge in [-0.15, -0.1) is 0 Å². The average molecular weight is 397 g/mol. The third-order valence-corrected chi connectivity index (χ3v) is 6.28. The number of carbonyl (C=O) groups is 1. The first-order chi connectivity index (χ1) is 13.2. The fourth-order valence-electron chi connectivity index (χ4n) is 4.03. The van der Waals surface area contributed by atoms with Gasteiger partial charge in [-0.1, -0.05) is 122 Å². The van der Waals surface area contributed by atoms with Crippen LogP contribution in [0.4, 0.5) is 0 Å². The molecule has 0 aliphatic carbocycles. The number of unbranched alkanes of at least 4 members (excludes halogenated alkanes) is 17. The van der Waals surface area contributed by atoms with Gasteiger partial charge in [0, 0.05) is 5.92 Å². The largest absolute Gasteiger partial charge is 0.419 e. The molecular formula is C24H44O2S. The van der Waals surface area contributed by atoms with Crippen LogP contribution in [0.2, 0.25) is 0 Å². The van der Waals surface area contributed by atoms with Gasteiger partial charge in [0.2, 0.25) is 0 Å². The third-order valence-electron chi connectivity index (χ3n) is 5.87. The third kappa shape index (κ3) is 14.2. The molecule has 3 heteroatoms. The minimum absolute atomic E-state index is 0.132. The molecule has 0 aromatic carbocycles. The molecule has 0 saturated carbocycles. The highest BCUT2D eigenvalue weighted by Crippen LogP contribution is 2.24. The van der Waals surface area contributed by atoms with E-state index in [1.54, 1.807) is 0 Å². The lowest BCUT2D eigenvalue weighted by atomic mass is 9.99. The van der Waals surface area contributed by atoms with Crippen LogP contribution in [-0.2, 0) is 9.53 Å². The Kier molecular flexibility index (Phi) is 16.1. The Morgan fingerprint density at radius 3 is 1.41 bits per heavy atom. The standard InChI is InChI=1S/C24H44O2S/c1-2-3-4-5-6-7-8-9-10-11-12-13-14-15-16-17-18-19-20-22-21-23(25)26-24(22)27/h22H,2-21H2,1H3. The van der Waals surface area contributed by atoms with Crippen molar-refractivity contribution in [1.82, 2.24) is 0 Å². The number of ether oxygens (including phenoxy) is 1. The van der Waals surface area contributed by atoms with Gasteiger partial charge in [-0.3, -0.25) is 4.79 Å². The first-order valence-corrected chi connectivity index (χ1v) is 12.4. The zero-order valence-corrected chi connectivity index (χ0v) is 18.8. The summed E-state index contributed by atoms with van der Waals surface area (Å²) in [5.74, 6) is 0.0842. The fourth-order valence-corrected chi connectivity index (χ4v) is 4.33. The molecule has 0 amide bonds. The Bertz CT molecular complexity index is 381. The van der Waals surface area contributed by atoms with Crippen molar-refractivity contribution in [3.63, 3.8) is 0 Å². The minimum atomic E-state index is -0.132. The second kappa shape index (κ2) is 17.6. The summed E-state index contributed by atoms with van der Waals surface area (Å²) in [5, 5.41) is 0.534. The number of thiocarbonyl (C=S) groups is 1. The van der Waals surface area contributed by atoms with Gasteiger partial charge in [-0.05, 0) is 18.6 Å². The molecule has 1 aliphatic rings. The van der Waals surface area contributed by atoms with E-state index in [2.05, 4.69) is 6.92 Å². The van der Waals surface area contributed by atoms with E-state index in [-0.39, 0.29) is 11.9 Å². The second-order valence-corrected chi connectivity index (χ2v) is 8.90.